The number of carboxylic acids is 1. The van der Waals surface area contributed by atoms with E-state index in [-0.39, 0.29) is 30.8 Å². The fourth-order valence-corrected chi connectivity index (χ4v) is 3.82. The van der Waals surface area contributed by atoms with Crippen molar-refractivity contribution in [1.82, 2.24) is 25.9 Å². The number of nitrogens with two attached hydrogens (primary N) is 2. The third kappa shape index (κ3) is 10.0. The number of aromatic hydroxyl groups is 1. The zero-order chi connectivity index (χ0) is 28.1. The lowest BCUT2D eigenvalue weighted by molar-refractivity contribution is -0.141. The summed E-state index contributed by atoms with van der Waals surface area (Å²) >= 11 is 3.95. The number of hydrogen-bond donors (Lipinski definition) is 9. The van der Waals surface area contributed by atoms with E-state index >= 15 is 0 Å². The van der Waals surface area contributed by atoms with Gasteiger partial charge in [-0.25, -0.2) is 9.78 Å². The van der Waals surface area contributed by atoms with Gasteiger partial charge >= 0.3 is 5.97 Å². The number of thiol groups is 1. The maximum atomic E-state index is 13.3. The average molecular weight is 550 g/mol. The lowest BCUT2D eigenvalue weighted by Gasteiger charge is -2.25. The Morgan fingerprint density at radius 3 is 2.16 bits per heavy atom. The van der Waals surface area contributed by atoms with Gasteiger partial charge in [0, 0.05) is 24.1 Å². The van der Waals surface area contributed by atoms with Gasteiger partial charge in [0.15, 0.2) is 0 Å². The molecular formula is C24H35N7O6S. The molecule has 0 aliphatic carbocycles. The molecule has 1 aromatic carbocycles. The maximum Gasteiger partial charge on any atom is 0.327 e. The lowest BCUT2D eigenvalue weighted by Crippen LogP contribution is -2.58. The molecule has 0 saturated heterocycles. The summed E-state index contributed by atoms with van der Waals surface area (Å²) in [6.07, 6.45) is 4.42. The highest BCUT2D eigenvalue weighted by atomic mass is 32.1. The van der Waals surface area contributed by atoms with Gasteiger partial charge in [-0.3, -0.25) is 14.4 Å². The van der Waals surface area contributed by atoms with Crippen molar-refractivity contribution in [1.29, 1.82) is 0 Å². The standard InChI is InChI=1S/C24H35N7O6S/c25-8-2-1-3-18(22(34)31-20(12-38)24(36)37)29-23(35)19(10-15-11-27-13-28-15)30-21(33)17(26)9-14-4-6-16(32)7-5-14/h4-7,11,13,17-20,32,38H,1-3,8-10,12,25-26H2,(H,27,28)(H,29,35)(H,30,33)(H,31,34)(H,36,37). The first-order valence-corrected chi connectivity index (χ1v) is 12.7. The first-order valence-electron chi connectivity index (χ1n) is 12.1. The third-order valence-corrected chi connectivity index (χ3v) is 6.08. The van der Waals surface area contributed by atoms with Crippen molar-refractivity contribution in [2.75, 3.05) is 12.3 Å². The van der Waals surface area contributed by atoms with Crippen molar-refractivity contribution in [2.45, 2.75) is 56.3 Å². The van der Waals surface area contributed by atoms with Crippen LogP contribution in [0.15, 0.2) is 36.8 Å². The number of aromatic amines is 1. The minimum atomic E-state index is -1.26. The van der Waals surface area contributed by atoms with Crippen molar-refractivity contribution in [3.8, 4) is 5.75 Å². The number of aliphatic carboxylic acids is 1. The van der Waals surface area contributed by atoms with Gasteiger partial charge < -0.3 is 42.6 Å². The Bertz CT molecular complexity index is 1050. The molecule has 1 heterocycles. The van der Waals surface area contributed by atoms with E-state index in [1.54, 1.807) is 12.1 Å². The quantitative estimate of drug-likeness (QED) is 0.0906. The van der Waals surface area contributed by atoms with E-state index in [1.807, 2.05) is 0 Å². The number of phenolic OH excluding ortho intramolecular Hbond substituents is 1. The van der Waals surface area contributed by atoms with Crippen LogP contribution in [0.5, 0.6) is 5.75 Å². The number of nitrogens with zero attached hydrogens (tertiary/aromatic N) is 1. The van der Waals surface area contributed by atoms with Crippen molar-refractivity contribution < 1.29 is 29.4 Å². The summed E-state index contributed by atoms with van der Waals surface area (Å²) in [5.74, 6) is -3.25. The molecule has 2 aromatic rings. The van der Waals surface area contributed by atoms with Gasteiger partial charge in [0.1, 0.15) is 23.9 Å². The minimum Gasteiger partial charge on any atom is -0.508 e. The molecule has 208 valence electrons. The van der Waals surface area contributed by atoms with Crippen molar-refractivity contribution in [2.24, 2.45) is 11.5 Å². The molecule has 0 saturated carbocycles. The molecule has 0 fully saturated rings. The highest BCUT2D eigenvalue weighted by Gasteiger charge is 2.30. The number of unbranched alkanes of at least 4 members (excludes halogenated alkanes) is 1. The van der Waals surface area contributed by atoms with Crippen LogP contribution in [0, 0.1) is 0 Å². The number of carbonyl (C=O) groups excluding carboxylic acids is 3. The smallest absolute Gasteiger partial charge is 0.327 e. The number of H-pyrrole nitrogens is 1. The number of phenols is 1. The molecule has 0 aliphatic heterocycles. The first-order chi connectivity index (χ1) is 18.1. The molecular weight excluding hydrogens is 514 g/mol. The Morgan fingerprint density at radius 2 is 1.58 bits per heavy atom. The van der Waals surface area contributed by atoms with Gasteiger partial charge in [0.05, 0.1) is 12.4 Å². The maximum absolute atomic E-state index is 13.3. The molecule has 0 bridgehead atoms. The molecule has 0 radical (unpaired) electrons. The number of imidazole rings is 1. The summed E-state index contributed by atoms with van der Waals surface area (Å²) in [7, 11) is 0. The molecule has 13 nitrogen and oxygen atoms in total. The summed E-state index contributed by atoms with van der Waals surface area (Å²) in [6, 6.07) is 1.82. The van der Waals surface area contributed by atoms with Crippen LogP contribution in [0.25, 0.3) is 0 Å². The first kappa shape index (κ1) is 30.6. The molecule has 38 heavy (non-hydrogen) atoms. The van der Waals surface area contributed by atoms with E-state index in [9.17, 15) is 29.4 Å². The summed E-state index contributed by atoms with van der Waals surface area (Å²) < 4.78 is 0. The fraction of sp³-hybridized carbons (Fsp3) is 0.458. The minimum absolute atomic E-state index is 0.0367. The van der Waals surface area contributed by atoms with Crippen LogP contribution < -0.4 is 27.4 Å². The molecule has 0 spiro atoms. The third-order valence-electron chi connectivity index (χ3n) is 5.72. The van der Waals surface area contributed by atoms with E-state index < -0.39 is 47.9 Å². The normalized spacial score (nSPS) is 14.1. The summed E-state index contributed by atoms with van der Waals surface area (Å²) in [6.45, 7) is 0.383. The van der Waals surface area contributed by atoms with Crippen LogP contribution in [-0.2, 0) is 32.0 Å². The van der Waals surface area contributed by atoms with Crippen LogP contribution in [-0.4, -0.2) is 80.3 Å². The van der Waals surface area contributed by atoms with E-state index in [0.717, 1.165) is 0 Å². The summed E-state index contributed by atoms with van der Waals surface area (Å²) in [5.41, 5.74) is 12.9. The molecule has 3 amide bonds. The second-order valence-corrected chi connectivity index (χ2v) is 9.11. The molecule has 0 aliphatic rings. The van der Waals surface area contributed by atoms with Crippen LogP contribution in [0.3, 0.4) is 0 Å². The second-order valence-electron chi connectivity index (χ2n) is 8.75. The van der Waals surface area contributed by atoms with E-state index in [2.05, 4.69) is 38.5 Å². The van der Waals surface area contributed by atoms with E-state index in [0.29, 0.717) is 30.6 Å². The van der Waals surface area contributed by atoms with Crippen LogP contribution in [0.4, 0.5) is 0 Å². The molecule has 14 heteroatoms. The Labute approximate surface area is 225 Å². The predicted molar refractivity (Wildman–Crippen MR) is 142 cm³/mol. The Kier molecular flexibility index (Phi) is 12.6. The molecule has 4 atom stereocenters. The van der Waals surface area contributed by atoms with Crippen molar-refractivity contribution in [3.63, 3.8) is 0 Å². The SMILES string of the molecule is NCCCCC(NC(=O)C(Cc1cnc[nH]1)NC(=O)C(N)Cc1ccc(O)cc1)C(=O)NC(CS)C(=O)O. The predicted octanol–water partition coefficient (Wildman–Crippen LogP) is -1.17. The fourth-order valence-electron chi connectivity index (χ4n) is 3.57. The summed E-state index contributed by atoms with van der Waals surface area (Å²) in [4.78, 5) is 57.2. The number of rotatable bonds is 16. The van der Waals surface area contributed by atoms with Gasteiger partial charge in [0.2, 0.25) is 17.7 Å². The number of nitrogens with one attached hydrogen (secondary N) is 4. The highest BCUT2D eigenvalue weighted by molar-refractivity contribution is 7.80. The van der Waals surface area contributed by atoms with Crippen LogP contribution >= 0.6 is 12.6 Å². The Hall–Kier alpha value is -3.62. The Balaban J connectivity index is 2.15. The van der Waals surface area contributed by atoms with Gasteiger partial charge in [-0.1, -0.05) is 12.1 Å². The lowest BCUT2D eigenvalue weighted by atomic mass is 10.0. The monoisotopic (exact) mass is 549 g/mol. The zero-order valence-corrected chi connectivity index (χ0v) is 21.7. The van der Waals surface area contributed by atoms with Crippen molar-refractivity contribution >= 4 is 36.3 Å². The number of hydrogen-bond acceptors (Lipinski definition) is 9. The Morgan fingerprint density at radius 1 is 0.947 bits per heavy atom. The zero-order valence-electron chi connectivity index (χ0n) is 20.8. The average Bonchev–Trinajstić information content (AvgIpc) is 3.40. The molecule has 10 N–H and O–H groups in total. The molecule has 2 rings (SSSR count). The van der Waals surface area contributed by atoms with E-state index in [4.69, 9.17) is 11.5 Å². The number of carboxylic acid groups (broad SMARTS) is 1. The van der Waals surface area contributed by atoms with Crippen LogP contribution in [0.1, 0.15) is 30.5 Å². The van der Waals surface area contributed by atoms with Gasteiger partial charge in [-0.2, -0.15) is 12.6 Å². The van der Waals surface area contributed by atoms with Crippen LogP contribution in [0.2, 0.25) is 0 Å². The number of aromatic nitrogens is 2. The number of carbonyl (C=O) groups is 4. The largest absolute Gasteiger partial charge is 0.508 e. The topological polar surface area (TPSA) is 226 Å². The molecule has 1 aromatic heterocycles. The molecule has 4 unspecified atom stereocenters. The van der Waals surface area contributed by atoms with Gasteiger partial charge in [-0.15, -0.1) is 0 Å². The van der Waals surface area contributed by atoms with Crippen molar-refractivity contribution in [3.05, 3.63) is 48.0 Å². The number of amides is 3. The summed E-state index contributed by atoms with van der Waals surface area (Å²) in [5, 5.41) is 26.3. The number of benzene rings is 1. The van der Waals surface area contributed by atoms with Gasteiger partial charge in [-0.05, 0) is 49.9 Å². The highest BCUT2D eigenvalue weighted by Crippen LogP contribution is 2.11. The van der Waals surface area contributed by atoms with Gasteiger partial charge in [0.25, 0.3) is 0 Å². The van der Waals surface area contributed by atoms with E-state index in [1.165, 1.54) is 24.7 Å². The second kappa shape index (κ2) is 15.6.